The summed E-state index contributed by atoms with van der Waals surface area (Å²) >= 11 is 11.7. The maximum atomic E-state index is 11.0. The molecule has 1 N–H and O–H groups in total. The molecule has 0 aliphatic heterocycles. The average Bonchev–Trinajstić information content (AvgIpc) is 2.80. The summed E-state index contributed by atoms with van der Waals surface area (Å²) in [5, 5.41) is 14.7. The molecule has 1 saturated carbocycles. The predicted molar refractivity (Wildman–Crippen MR) is 75.2 cm³/mol. The van der Waals surface area contributed by atoms with Crippen molar-refractivity contribution >= 4 is 34.6 Å². The van der Waals surface area contributed by atoms with Crippen LogP contribution in [0.3, 0.4) is 0 Å². The lowest BCUT2D eigenvalue weighted by Gasteiger charge is -2.20. The quantitative estimate of drug-likeness (QED) is 0.677. The van der Waals surface area contributed by atoms with Crippen molar-refractivity contribution in [3.63, 3.8) is 0 Å². The number of hydrogen-bond donors (Lipinski definition) is 1. The van der Waals surface area contributed by atoms with E-state index in [1.807, 2.05) is 0 Å². The summed E-state index contributed by atoms with van der Waals surface area (Å²) in [6.45, 7) is 0. The van der Waals surface area contributed by atoms with Crippen molar-refractivity contribution in [3.8, 4) is 0 Å². The van der Waals surface area contributed by atoms with Crippen LogP contribution in [0, 0.1) is 10.1 Å². The van der Waals surface area contributed by atoms with Crippen LogP contribution in [-0.4, -0.2) is 24.2 Å². The molecule has 1 aromatic rings. The molecule has 0 radical (unpaired) electrons. The zero-order valence-corrected chi connectivity index (χ0v) is 11.9. The van der Waals surface area contributed by atoms with Gasteiger partial charge in [-0.2, -0.15) is 0 Å². The van der Waals surface area contributed by atoms with Crippen LogP contribution < -0.4 is 5.32 Å². The zero-order chi connectivity index (χ0) is 14.0. The molecule has 5 nitrogen and oxygen atoms in total. The number of methoxy groups -OCH3 is 1. The highest BCUT2D eigenvalue weighted by Gasteiger charge is 2.29. The maximum Gasteiger partial charge on any atom is 0.293 e. The van der Waals surface area contributed by atoms with Gasteiger partial charge in [-0.05, 0) is 25.3 Å². The highest BCUT2D eigenvalue weighted by Crippen LogP contribution is 2.36. The first-order valence-corrected chi connectivity index (χ1v) is 6.71. The molecule has 0 bridgehead atoms. The fourth-order valence-electron chi connectivity index (χ4n) is 2.38. The molecule has 104 valence electrons. The molecule has 19 heavy (non-hydrogen) atoms. The van der Waals surface area contributed by atoms with Crippen molar-refractivity contribution in [2.45, 2.75) is 31.4 Å². The minimum Gasteiger partial charge on any atom is -0.379 e. The average molecular weight is 305 g/mol. The topological polar surface area (TPSA) is 64.4 Å². The Balaban J connectivity index is 2.28. The lowest BCUT2D eigenvalue weighted by molar-refractivity contribution is -0.384. The minimum absolute atomic E-state index is 0.0564. The Morgan fingerprint density at radius 1 is 1.37 bits per heavy atom. The SMILES string of the molecule is COC1CCCC1Nc1cc(Cl)c(Cl)cc1[N+](=O)[O-]. The van der Waals surface area contributed by atoms with Crippen molar-refractivity contribution in [2.24, 2.45) is 0 Å². The van der Waals surface area contributed by atoms with Crippen LogP contribution in [0.15, 0.2) is 12.1 Å². The van der Waals surface area contributed by atoms with E-state index < -0.39 is 4.92 Å². The van der Waals surface area contributed by atoms with E-state index in [-0.39, 0.29) is 22.9 Å². The maximum absolute atomic E-state index is 11.0. The zero-order valence-electron chi connectivity index (χ0n) is 10.4. The van der Waals surface area contributed by atoms with E-state index in [1.165, 1.54) is 12.1 Å². The number of nitrogens with one attached hydrogen (secondary N) is 1. The largest absolute Gasteiger partial charge is 0.379 e. The van der Waals surface area contributed by atoms with Crippen LogP contribution in [-0.2, 0) is 4.74 Å². The Labute approximate surface area is 121 Å². The molecule has 2 atom stereocenters. The molecule has 0 aromatic heterocycles. The van der Waals surface area contributed by atoms with Crippen LogP contribution >= 0.6 is 23.2 Å². The van der Waals surface area contributed by atoms with Crippen LogP contribution in [0.25, 0.3) is 0 Å². The van der Waals surface area contributed by atoms with E-state index in [4.69, 9.17) is 27.9 Å². The van der Waals surface area contributed by atoms with Gasteiger partial charge in [0.15, 0.2) is 0 Å². The summed E-state index contributed by atoms with van der Waals surface area (Å²) in [7, 11) is 1.65. The van der Waals surface area contributed by atoms with E-state index in [0.29, 0.717) is 10.7 Å². The summed E-state index contributed by atoms with van der Waals surface area (Å²) in [5.74, 6) is 0. The molecular weight excluding hydrogens is 291 g/mol. The summed E-state index contributed by atoms with van der Waals surface area (Å²) < 4.78 is 5.36. The van der Waals surface area contributed by atoms with Gasteiger partial charge in [-0.25, -0.2) is 0 Å². The number of ether oxygens (including phenoxy) is 1. The minimum atomic E-state index is -0.471. The van der Waals surface area contributed by atoms with Gasteiger partial charge in [-0.1, -0.05) is 23.2 Å². The van der Waals surface area contributed by atoms with Crippen LogP contribution in [0.2, 0.25) is 10.0 Å². The number of halogens is 2. The van der Waals surface area contributed by atoms with E-state index in [2.05, 4.69) is 5.32 Å². The first-order chi connectivity index (χ1) is 9.02. The van der Waals surface area contributed by atoms with Crippen molar-refractivity contribution in [1.82, 2.24) is 0 Å². The number of nitro benzene ring substituents is 1. The predicted octanol–water partition coefficient (Wildman–Crippen LogP) is 3.88. The monoisotopic (exact) mass is 304 g/mol. The van der Waals surface area contributed by atoms with Crippen LogP contribution in [0.4, 0.5) is 11.4 Å². The number of benzene rings is 1. The highest BCUT2D eigenvalue weighted by molar-refractivity contribution is 6.42. The molecular formula is C12H14Cl2N2O3. The Morgan fingerprint density at radius 2 is 2.05 bits per heavy atom. The summed E-state index contributed by atoms with van der Waals surface area (Å²) in [6, 6.07) is 2.82. The van der Waals surface area contributed by atoms with Crippen LogP contribution in [0.1, 0.15) is 19.3 Å². The molecule has 2 unspecified atom stereocenters. The first-order valence-electron chi connectivity index (χ1n) is 5.95. The Kier molecular flexibility index (Phi) is 4.50. The van der Waals surface area contributed by atoms with Crippen LogP contribution in [0.5, 0.6) is 0 Å². The van der Waals surface area contributed by atoms with E-state index in [1.54, 1.807) is 7.11 Å². The lowest BCUT2D eigenvalue weighted by atomic mass is 10.2. The van der Waals surface area contributed by atoms with Crippen molar-refractivity contribution in [2.75, 3.05) is 12.4 Å². The van der Waals surface area contributed by atoms with Crippen molar-refractivity contribution in [3.05, 3.63) is 32.3 Å². The fourth-order valence-corrected chi connectivity index (χ4v) is 2.70. The van der Waals surface area contributed by atoms with Crippen molar-refractivity contribution in [1.29, 1.82) is 0 Å². The van der Waals surface area contributed by atoms with Gasteiger partial charge < -0.3 is 10.1 Å². The Bertz CT molecular complexity index is 496. The molecule has 1 fully saturated rings. The second-order valence-corrected chi connectivity index (χ2v) is 5.31. The Morgan fingerprint density at radius 3 is 2.68 bits per heavy atom. The number of nitrogens with zero attached hydrogens (tertiary/aromatic N) is 1. The lowest BCUT2D eigenvalue weighted by Crippen LogP contribution is -2.30. The molecule has 2 rings (SSSR count). The summed E-state index contributed by atoms with van der Waals surface area (Å²) in [5.41, 5.74) is 0.310. The van der Waals surface area contributed by atoms with Gasteiger partial charge in [0, 0.05) is 13.2 Å². The molecule has 0 spiro atoms. The van der Waals surface area contributed by atoms with E-state index >= 15 is 0 Å². The van der Waals surface area contributed by atoms with Crippen molar-refractivity contribution < 1.29 is 9.66 Å². The van der Waals surface area contributed by atoms with Gasteiger partial charge in [0.25, 0.3) is 5.69 Å². The molecule has 1 aliphatic carbocycles. The molecule has 1 aromatic carbocycles. The molecule has 0 saturated heterocycles. The normalized spacial score (nSPS) is 22.5. The number of nitro groups is 1. The first kappa shape index (κ1) is 14.4. The smallest absolute Gasteiger partial charge is 0.293 e. The summed E-state index contributed by atoms with van der Waals surface area (Å²) in [6.07, 6.45) is 2.96. The standard InChI is InChI=1S/C12H14Cl2N2O3/c1-19-12-4-2-3-9(12)15-10-5-7(13)8(14)6-11(10)16(17)18/h5-6,9,12,15H,2-4H2,1H3. The number of hydrogen-bond acceptors (Lipinski definition) is 4. The van der Waals surface area contributed by atoms with Gasteiger partial charge in [-0.3, -0.25) is 10.1 Å². The van der Waals surface area contributed by atoms with Gasteiger partial charge >= 0.3 is 0 Å². The molecule has 0 amide bonds. The third kappa shape index (κ3) is 3.11. The van der Waals surface area contributed by atoms with Gasteiger partial charge in [0.2, 0.25) is 0 Å². The highest BCUT2D eigenvalue weighted by atomic mass is 35.5. The van der Waals surface area contributed by atoms with E-state index in [0.717, 1.165) is 19.3 Å². The molecule has 1 aliphatic rings. The fraction of sp³-hybridized carbons (Fsp3) is 0.500. The second kappa shape index (κ2) is 5.94. The second-order valence-electron chi connectivity index (χ2n) is 4.50. The number of anilines is 1. The Hall–Kier alpha value is -1.04. The summed E-state index contributed by atoms with van der Waals surface area (Å²) in [4.78, 5) is 10.6. The third-order valence-corrected chi connectivity index (χ3v) is 4.05. The third-order valence-electron chi connectivity index (χ3n) is 3.33. The van der Waals surface area contributed by atoms with Gasteiger partial charge in [-0.15, -0.1) is 0 Å². The molecule has 0 heterocycles. The van der Waals surface area contributed by atoms with E-state index in [9.17, 15) is 10.1 Å². The van der Waals surface area contributed by atoms with Gasteiger partial charge in [0.05, 0.1) is 27.1 Å². The van der Waals surface area contributed by atoms with Gasteiger partial charge in [0.1, 0.15) is 5.69 Å². The molecule has 7 heteroatoms. The number of rotatable bonds is 4.